The van der Waals surface area contributed by atoms with Gasteiger partial charge >= 0.3 is 0 Å². The summed E-state index contributed by atoms with van der Waals surface area (Å²) in [7, 11) is 0. The fourth-order valence-corrected chi connectivity index (χ4v) is 2.55. The molecule has 0 spiro atoms. The van der Waals surface area contributed by atoms with Gasteiger partial charge in [-0.25, -0.2) is 4.98 Å². The van der Waals surface area contributed by atoms with Crippen LogP contribution in [-0.2, 0) is 5.41 Å². The van der Waals surface area contributed by atoms with E-state index in [1.165, 1.54) is 0 Å². The molecule has 0 amide bonds. The summed E-state index contributed by atoms with van der Waals surface area (Å²) >= 11 is 1.69. The van der Waals surface area contributed by atoms with Crippen LogP contribution >= 0.6 is 11.3 Å². The Labute approximate surface area is 123 Å². The molecular formula is C14H22N4OS. The first-order valence-electron chi connectivity index (χ1n) is 6.83. The van der Waals surface area contributed by atoms with Crippen molar-refractivity contribution < 1.29 is 4.52 Å². The first-order valence-corrected chi connectivity index (χ1v) is 7.71. The number of hydrogen-bond donors (Lipinski definition) is 1. The van der Waals surface area contributed by atoms with Crippen LogP contribution in [0.25, 0.3) is 0 Å². The maximum absolute atomic E-state index is 5.27. The zero-order chi connectivity index (χ0) is 14.9. The molecule has 6 heteroatoms. The Morgan fingerprint density at radius 3 is 2.40 bits per heavy atom. The van der Waals surface area contributed by atoms with Crippen molar-refractivity contribution in [2.75, 3.05) is 5.32 Å². The predicted octanol–water partition coefficient (Wildman–Crippen LogP) is 4.12. The molecule has 0 aliphatic heterocycles. The van der Waals surface area contributed by atoms with Crippen LogP contribution in [0.15, 0.2) is 9.90 Å². The summed E-state index contributed by atoms with van der Waals surface area (Å²) < 4.78 is 5.27. The van der Waals surface area contributed by atoms with E-state index in [1.807, 2.05) is 27.7 Å². The monoisotopic (exact) mass is 294 g/mol. The van der Waals surface area contributed by atoms with Gasteiger partial charge in [-0.1, -0.05) is 34.6 Å². The van der Waals surface area contributed by atoms with Crippen molar-refractivity contribution in [2.45, 2.75) is 58.9 Å². The summed E-state index contributed by atoms with van der Waals surface area (Å²) in [6.45, 7) is 12.5. The van der Waals surface area contributed by atoms with Gasteiger partial charge < -0.3 is 9.84 Å². The largest absolute Gasteiger partial charge is 0.343 e. The molecule has 0 aliphatic rings. The van der Waals surface area contributed by atoms with Gasteiger partial charge in [-0.3, -0.25) is 0 Å². The minimum atomic E-state index is -0.137. The number of anilines is 1. The molecular weight excluding hydrogens is 272 g/mol. The lowest BCUT2D eigenvalue weighted by Crippen LogP contribution is -2.12. The van der Waals surface area contributed by atoms with Crippen LogP contribution in [0, 0.1) is 0 Å². The normalized spacial score (nSPS) is 13.8. The van der Waals surface area contributed by atoms with Gasteiger partial charge in [0, 0.05) is 16.7 Å². The van der Waals surface area contributed by atoms with Crippen molar-refractivity contribution in [2.24, 2.45) is 0 Å². The highest BCUT2D eigenvalue weighted by Gasteiger charge is 2.22. The van der Waals surface area contributed by atoms with E-state index < -0.39 is 0 Å². The Morgan fingerprint density at radius 2 is 1.90 bits per heavy atom. The molecule has 0 aromatic carbocycles. The molecule has 2 heterocycles. The number of thiazole rings is 1. The molecule has 1 N–H and O–H groups in total. The average Bonchev–Trinajstić information content (AvgIpc) is 2.95. The van der Waals surface area contributed by atoms with E-state index in [9.17, 15) is 0 Å². The zero-order valence-electron chi connectivity index (χ0n) is 12.9. The van der Waals surface area contributed by atoms with E-state index >= 15 is 0 Å². The second-order valence-electron chi connectivity index (χ2n) is 6.30. The zero-order valence-corrected chi connectivity index (χ0v) is 13.7. The van der Waals surface area contributed by atoms with Crippen LogP contribution in [0.1, 0.15) is 70.1 Å². The predicted molar refractivity (Wildman–Crippen MR) is 81.2 cm³/mol. The molecule has 1 atom stereocenters. The maximum Gasteiger partial charge on any atom is 0.263 e. The smallest absolute Gasteiger partial charge is 0.263 e. The standard InChI is InChI=1S/C14H22N4OS/c1-8(2)11-16-10(7-20-11)9(3)15-13-17-12(19-18-13)14(4,5)6/h7-9H,1-6H3,(H,15,18). The second kappa shape index (κ2) is 5.52. The molecule has 0 radical (unpaired) electrons. The van der Waals surface area contributed by atoms with Gasteiger partial charge in [0.2, 0.25) is 5.89 Å². The van der Waals surface area contributed by atoms with Crippen molar-refractivity contribution in [3.63, 3.8) is 0 Å². The molecule has 0 saturated carbocycles. The van der Waals surface area contributed by atoms with Crippen LogP contribution in [0.5, 0.6) is 0 Å². The van der Waals surface area contributed by atoms with Crippen LogP contribution in [0.2, 0.25) is 0 Å². The summed E-state index contributed by atoms with van der Waals surface area (Å²) in [5.41, 5.74) is 0.877. The number of aromatic nitrogens is 3. The Morgan fingerprint density at radius 1 is 1.20 bits per heavy atom. The molecule has 5 nitrogen and oxygen atoms in total. The topological polar surface area (TPSA) is 63.8 Å². The molecule has 2 aromatic heterocycles. The summed E-state index contributed by atoms with van der Waals surface area (Å²) in [6.07, 6.45) is 0. The van der Waals surface area contributed by atoms with Gasteiger partial charge in [-0.05, 0) is 12.1 Å². The Bertz CT molecular complexity index is 568. The average molecular weight is 294 g/mol. The molecule has 20 heavy (non-hydrogen) atoms. The lowest BCUT2D eigenvalue weighted by Gasteiger charge is -2.11. The minimum absolute atomic E-state index is 0.0594. The van der Waals surface area contributed by atoms with Crippen molar-refractivity contribution >= 4 is 17.3 Å². The first-order chi connectivity index (χ1) is 9.27. The third-order valence-corrected chi connectivity index (χ3v) is 4.05. The van der Waals surface area contributed by atoms with Gasteiger partial charge in [0.15, 0.2) is 0 Å². The van der Waals surface area contributed by atoms with Gasteiger partial charge in [0.25, 0.3) is 5.95 Å². The van der Waals surface area contributed by atoms with Crippen molar-refractivity contribution in [3.8, 4) is 0 Å². The summed E-state index contributed by atoms with van der Waals surface area (Å²) in [5.74, 6) is 1.61. The lowest BCUT2D eigenvalue weighted by molar-refractivity contribution is 0.321. The van der Waals surface area contributed by atoms with Crippen LogP contribution < -0.4 is 5.32 Å². The van der Waals surface area contributed by atoms with Gasteiger partial charge in [0.1, 0.15) is 0 Å². The third-order valence-electron chi connectivity index (χ3n) is 2.89. The number of nitrogens with zero attached hydrogens (tertiary/aromatic N) is 3. The lowest BCUT2D eigenvalue weighted by atomic mass is 9.97. The Hall–Kier alpha value is -1.43. The van der Waals surface area contributed by atoms with E-state index in [1.54, 1.807) is 11.3 Å². The molecule has 2 aromatic rings. The highest BCUT2D eigenvalue weighted by Crippen LogP contribution is 2.25. The summed E-state index contributed by atoms with van der Waals surface area (Å²) in [5, 5.41) is 10.4. The quantitative estimate of drug-likeness (QED) is 0.919. The van der Waals surface area contributed by atoms with Gasteiger partial charge in [-0.15, -0.1) is 11.3 Å². The number of nitrogens with one attached hydrogen (secondary N) is 1. The number of rotatable bonds is 4. The molecule has 0 bridgehead atoms. The van der Waals surface area contributed by atoms with E-state index in [4.69, 9.17) is 4.52 Å². The molecule has 0 saturated heterocycles. The van der Waals surface area contributed by atoms with Crippen LogP contribution in [0.4, 0.5) is 5.95 Å². The van der Waals surface area contributed by atoms with Crippen molar-refractivity contribution in [3.05, 3.63) is 22.0 Å². The fraction of sp³-hybridized carbons (Fsp3) is 0.643. The summed E-state index contributed by atoms with van der Waals surface area (Å²) in [6, 6.07) is 0.0594. The van der Waals surface area contributed by atoms with E-state index in [0.717, 1.165) is 10.7 Å². The van der Waals surface area contributed by atoms with Crippen LogP contribution in [-0.4, -0.2) is 15.1 Å². The van der Waals surface area contributed by atoms with E-state index in [2.05, 4.69) is 39.7 Å². The minimum Gasteiger partial charge on any atom is -0.343 e. The molecule has 0 fully saturated rings. The van der Waals surface area contributed by atoms with Gasteiger partial charge in [-0.2, -0.15) is 4.98 Å². The Balaban J connectivity index is 2.07. The van der Waals surface area contributed by atoms with Crippen molar-refractivity contribution in [1.82, 2.24) is 15.1 Å². The highest BCUT2D eigenvalue weighted by molar-refractivity contribution is 7.09. The Kier molecular flexibility index (Phi) is 4.13. The molecule has 2 rings (SSSR count). The van der Waals surface area contributed by atoms with Crippen LogP contribution in [0.3, 0.4) is 0 Å². The maximum atomic E-state index is 5.27. The van der Waals surface area contributed by atoms with E-state index in [-0.39, 0.29) is 11.5 Å². The number of hydrogen-bond acceptors (Lipinski definition) is 6. The molecule has 110 valence electrons. The molecule has 0 aliphatic carbocycles. The van der Waals surface area contributed by atoms with E-state index in [0.29, 0.717) is 17.8 Å². The SMILES string of the molecule is CC(C)c1nc(C(C)Nc2noc(C(C)(C)C)n2)cs1. The first kappa shape index (κ1) is 15.0. The van der Waals surface area contributed by atoms with Gasteiger partial charge in [0.05, 0.1) is 16.7 Å². The molecule has 1 unspecified atom stereocenters. The van der Waals surface area contributed by atoms with Crippen molar-refractivity contribution in [1.29, 1.82) is 0 Å². The fourth-order valence-electron chi connectivity index (χ4n) is 1.62. The second-order valence-corrected chi connectivity index (χ2v) is 7.19. The summed E-state index contributed by atoms with van der Waals surface area (Å²) in [4.78, 5) is 9.01. The highest BCUT2D eigenvalue weighted by atomic mass is 32.1. The third kappa shape index (κ3) is 3.36.